The number of aromatic nitrogens is 2. The number of carbonyl (C=O) groups is 2. The number of amides is 1. The van der Waals surface area contributed by atoms with Crippen molar-refractivity contribution in [2.24, 2.45) is 0 Å². The highest BCUT2D eigenvalue weighted by Gasteiger charge is 2.14. The van der Waals surface area contributed by atoms with E-state index >= 15 is 0 Å². The molecular weight excluding hydrogens is 337 g/mol. The second-order valence-electron chi connectivity index (χ2n) is 3.86. The average molecular weight is 346 g/mol. The molecule has 1 N–H and O–H groups in total. The predicted molar refractivity (Wildman–Crippen MR) is 81.5 cm³/mol. The maximum atomic E-state index is 11.5. The number of anilines is 1. The van der Waals surface area contributed by atoms with Gasteiger partial charge in [0.2, 0.25) is 5.91 Å². The maximum absolute atomic E-state index is 11.5. The van der Waals surface area contributed by atoms with Gasteiger partial charge >= 0.3 is 6.01 Å². The van der Waals surface area contributed by atoms with Crippen LogP contribution < -0.4 is 5.32 Å². The van der Waals surface area contributed by atoms with Gasteiger partial charge in [-0.15, -0.1) is 5.10 Å². The quantitative estimate of drug-likeness (QED) is 0.915. The van der Waals surface area contributed by atoms with Crippen molar-refractivity contribution in [3.63, 3.8) is 0 Å². The molecule has 0 spiro atoms. The van der Waals surface area contributed by atoms with Gasteiger partial charge in [0.15, 0.2) is 5.12 Å². The van der Waals surface area contributed by atoms with E-state index in [1.165, 1.54) is 6.92 Å². The van der Waals surface area contributed by atoms with Gasteiger partial charge in [-0.3, -0.25) is 14.9 Å². The fourth-order valence-corrected chi connectivity index (χ4v) is 2.14. The minimum Gasteiger partial charge on any atom is -0.403 e. The lowest BCUT2D eigenvalue weighted by Gasteiger charge is -2.00. The van der Waals surface area contributed by atoms with Gasteiger partial charge in [0.05, 0.1) is 16.3 Å². The molecule has 2 aromatic rings. The Morgan fingerprint density at radius 1 is 1.33 bits per heavy atom. The molecule has 1 amide bonds. The number of rotatable bonds is 4. The van der Waals surface area contributed by atoms with Crippen LogP contribution in [0, 0.1) is 0 Å². The van der Waals surface area contributed by atoms with Crippen LogP contribution in [0.1, 0.15) is 6.92 Å². The summed E-state index contributed by atoms with van der Waals surface area (Å²) < 4.78 is 5.29. The average Bonchev–Trinajstić information content (AvgIpc) is 2.87. The number of carbonyl (C=O) groups excluding carboxylic acids is 2. The van der Waals surface area contributed by atoms with Crippen molar-refractivity contribution in [1.29, 1.82) is 0 Å². The summed E-state index contributed by atoms with van der Waals surface area (Å²) in [5.74, 6) is -0.301. The molecule has 0 aliphatic rings. The first kappa shape index (κ1) is 15.8. The smallest absolute Gasteiger partial charge is 0.322 e. The molecule has 0 atom stereocenters. The molecule has 6 nitrogen and oxygen atoms in total. The molecule has 0 unspecified atom stereocenters. The van der Waals surface area contributed by atoms with Crippen LogP contribution in [-0.4, -0.2) is 27.0 Å². The van der Waals surface area contributed by atoms with E-state index in [4.69, 9.17) is 27.6 Å². The molecule has 0 saturated heterocycles. The zero-order chi connectivity index (χ0) is 15.4. The van der Waals surface area contributed by atoms with E-state index in [9.17, 15) is 9.59 Å². The van der Waals surface area contributed by atoms with Gasteiger partial charge in [0, 0.05) is 11.9 Å². The van der Waals surface area contributed by atoms with Gasteiger partial charge in [-0.1, -0.05) is 40.1 Å². The molecule has 0 bridgehead atoms. The summed E-state index contributed by atoms with van der Waals surface area (Å²) >= 11 is 12.8. The second-order valence-corrected chi connectivity index (χ2v) is 5.86. The number of halogens is 2. The van der Waals surface area contributed by atoms with Crippen molar-refractivity contribution in [2.45, 2.75) is 6.92 Å². The van der Waals surface area contributed by atoms with Gasteiger partial charge in [-0.2, -0.15) is 0 Å². The molecule has 110 valence electrons. The van der Waals surface area contributed by atoms with Gasteiger partial charge in [-0.05, 0) is 18.2 Å². The van der Waals surface area contributed by atoms with E-state index in [-0.39, 0.29) is 22.8 Å². The van der Waals surface area contributed by atoms with Crippen LogP contribution >= 0.6 is 35.0 Å². The molecule has 0 aliphatic heterocycles. The highest BCUT2D eigenvalue weighted by molar-refractivity contribution is 8.14. The molecule has 2 rings (SSSR count). The van der Waals surface area contributed by atoms with E-state index in [0.29, 0.717) is 15.6 Å². The normalized spacial score (nSPS) is 10.4. The third-order valence-corrected chi connectivity index (χ3v) is 3.61. The van der Waals surface area contributed by atoms with Crippen LogP contribution in [0.5, 0.6) is 0 Å². The SMILES string of the molecule is CC(=O)SCC(=O)Nc1nnc(-c2cc(Cl)ccc2Cl)o1. The van der Waals surface area contributed by atoms with Crippen LogP contribution in [-0.2, 0) is 9.59 Å². The van der Waals surface area contributed by atoms with Crippen LogP contribution in [0.15, 0.2) is 22.6 Å². The topological polar surface area (TPSA) is 85.1 Å². The molecule has 1 aromatic carbocycles. The number of nitrogens with one attached hydrogen (secondary N) is 1. The predicted octanol–water partition coefficient (Wildman–Crippen LogP) is 3.26. The van der Waals surface area contributed by atoms with E-state index in [0.717, 1.165) is 11.8 Å². The molecular formula is C12H9Cl2N3O3S. The van der Waals surface area contributed by atoms with Gasteiger partial charge in [0.25, 0.3) is 5.89 Å². The second kappa shape index (κ2) is 6.93. The Balaban J connectivity index is 2.09. The van der Waals surface area contributed by atoms with Crippen molar-refractivity contribution >= 4 is 52.0 Å². The Kier molecular flexibility index (Phi) is 5.22. The van der Waals surface area contributed by atoms with Crippen LogP contribution in [0.25, 0.3) is 11.5 Å². The summed E-state index contributed by atoms with van der Waals surface area (Å²) in [5, 5.41) is 10.6. The van der Waals surface area contributed by atoms with Crippen molar-refractivity contribution in [3.8, 4) is 11.5 Å². The van der Waals surface area contributed by atoms with Gasteiger partial charge < -0.3 is 4.42 Å². The lowest BCUT2D eigenvalue weighted by molar-refractivity contribution is -0.114. The Hall–Kier alpha value is -1.57. The van der Waals surface area contributed by atoms with Crippen molar-refractivity contribution in [2.75, 3.05) is 11.1 Å². The number of thioether (sulfide) groups is 1. The van der Waals surface area contributed by atoms with E-state index in [2.05, 4.69) is 15.5 Å². The van der Waals surface area contributed by atoms with Crippen LogP contribution in [0.2, 0.25) is 10.0 Å². The fourth-order valence-electron chi connectivity index (χ4n) is 1.37. The first-order valence-corrected chi connectivity index (χ1v) is 7.42. The highest BCUT2D eigenvalue weighted by atomic mass is 35.5. The highest BCUT2D eigenvalue weighted by Crippen LogP contribution is 2.30. The number of nitrogens with zero attached hydrogens (tertiary/aromatic N) is 2. The Morgan fingerprint density at radius 3 is 2.81 bits per heavy atom. The zero-order valence-electron chi connectivity index (χ0n) is 10.7. The monoisotopic (exact) mass is 345 g/mol. The summed E-state index contributed by atoms with van der Waals surface area (Å²) in [7, 11) is 0. The van der Waals surface area contributed by atoms with E-state index < -0.39 is 5.91 Å². The minimum absolute atomic E-state index is 0.0228. The fraction of sp³-hybridized carbons (Fsp3) is 0.167. The molecule has 1 heterocycles. The standard InChI is InChI=1S/C12H9Cl2N3O3S/c1-6(18)21-5-10(19)15-12-17-16-11(20-12)8-4-7(13)2-3-9(8)14/h2-4H,5H2,1H3,(H,15,17,19). The molecule has 0 fully saturated rings. The molecule has 9 heteroatoms. The summed E-state index contributed by atoms with van der Waals surface area (Å²) in [5.41, 5.74) is 0.468. The first-order chi connectivity index (χ1) is 9.95. The van der Waals surface area contributed by atoms with E-state index in [1.54, 1.807) is 18.2 Å². The maximum Gasteiger partial charge on any atom is 0.322 e. The van der Waals surface area contributed by atoms with Crippen molar-refractivity contribution in [3.05, 3.63) is 28.2 Å². The third kappa shape index (κ3) is 4.45. The molecule has 0 aliphatic carbocycles. The van der Waals surface area contributed by atoms with Crippen LogP contribution in [0.4, 0.5) is 6.01 Å². The molecule has 21 heavy (non-hydrogen) atoms. The van der Waals surface area contributed by atoms with Crippen molar-refractivity contribution in [1.82, 2.24) is 10.2 Å². The lowest BCUT2D eigenvalue weighted by Crippen LogP contribution is -2.15. The molecule has 1 aromatic heterocycles. The van der Waals surface area contributed by atoms with Gasteiger partial charge in [0.1, 0.15) is 0 Å². The number of hydrogen-bond acceptors (Lipinski definition) is 6. The summed E-state index contributed by atoms with van der Waals surface area (Å²) in [6, 6.07) is 4.74. The number of hydrogen-bond donors (Lipinski definition) is 1. The molecule has 0 saturated carbocycles. The first-order valence-electron chi connectivity index (χ1n) is 5.68. The van der Waals surface area contributed by atoms with E-state index in [1.807, 2.05) is 0 Å². The zero-order valence-corrected chi connectivity index (χ0v) is 13.1. The molecule has 0 radical (unpaired) electrons. The van der Waals surface area contributed by atoms with Crippen molar-refractivity contribution < 1.29 is 14.0 Å². The lowest BCUT2D eigenvalue weighted by atomic mass is 10.2. The minimum atomic E-state index is -0.414. The summed E-state index contributed by atoms with van der Waals surface area (Å²) in [4.78, 5) is 22.3. The number of benzene rings is 1. The third-order valence-electron chi connectivity index (χ3n) is 2.24. The van der Waals surface area contributed by atoms with Crippen LogP contribution in [0.3, 0.4) is 0 Å². The van der Waals surface area contributed by atoms with Gasteiger partial charge in [-0.25, -0.2) is 0 Å². The summed E-state index contributed by atoms with van der Waals surface area (Å²) in [6.07, 6.45) is 0. The largest absolute Gasteiger partial charge is 0.403 e. The Labute approximate surface area is 134 Å². The Bertz CT molecular complexity index is 690. The Morgan fingerprint density at radius 2 is 2.10 bits per heavy atom. The summed E-state index contributed by atoms with van der Waals surface area (Å²) in [6.45, 7) is 1.38.